The minimum Gasteiger partial charge on any atom is -0.489 e. The normalized spacial score (nSPS) is 14.5. The largest absolute Gasteiger partial charge is 0.489 e. The Morgan fingerprint density at radius 2 is 2.07 bits per heavy atom. The SMILES string of the molecule is CCOC(=O)c1nc(N(C)C(c2ccccc2Cl)C2CC2)n(C)c(=O)c1OC. The van der Waals surface area contributed by atoms with Crippen LogP contribution in [0.15, 0.2) is 29.1 Å². The molecule has 0 radical (unpaired) electrons. The quantitative estimate of drug-likeness (QED) is 0.658. The number of nitrogens with zero attached hydrogens (tertiary/aromatic N) is 3. The Kier molecular flexibility index (Phi) is 5.93. The highest BCUT2D eigenvalue weighted by atomic mass is 35.5. The predicted octanol–water partition coefficient (Wildman–Crippen LogP) is 3.21. The van der Waals surface area contributed by atoms with Crippen molar-refractivity contribution in [2.24, 2.45) is 13.0 Å². The average molecular weight is 406 g/mol. The molecule has 0 N–H and O–H groups in total. The Morgan fingerprint density at radius 3 is 2.64 bits per heavy atom. The van der Waals surface area contributed by atoms with Crippen LogP contribution in [0.4, 0.5) is 5.95 Å². The second-order valence-corrected chi connectivity index (χ2v) is 7.20. The van der Waals surface area contributed by atoms with Crippen molar-refractivity contribution in [3.8, 4) is 5.75 Å². The predicted molar refractivity (Wildman–Crippen MR) is 107 cm³/mol. The molecule has 1 aliphatic carbocycles. The van der Waals surface area contributed by atoms with Crippen molar-refractivity contribution in [2.75, 3.05) is 25.7 Å². The van der Waals surface area contributed by atoms with Crippen LogP contribution in [0.3, 0.4) is 0 Å². The summed E-state index contributed by atoms with van der Waals surface area (Å²) in [6.45, 7) is 1.87. The Bertz CT molecular complexity index is 940. The van der Waals surface area contributed by atoms with Gasteiger partial charge in [-0.2, -0.15) is 0 Å². The number of aromatic nitrogens is 2. The summed E-state index contributed by atoms with van der Waals surface area (Å²) < 4.78 is 11.6. The lowest BCUT2D eigenvalue weighted by Gasteiger charge is -2.31. The molecule has 1 aliphatic rings. The number of anilines is 1. The summed E-state index contributed by atoms with van der Waals surface area (Å²) in [5.41, 5.74) is 0.399. The molecule has 28 heavy (non-hydrogen) atoms. The van der Waals surface area contributed by atoms with Crippen LogP contribution in [0.25, 0.3) is 0 Å². The highest BCUT2D eigenvalue weighted by molar-refractivity contribution is 6.31. The molecule has 0 saturated heterocycles. The summed E-state index contributed by atoms with van der Waals surface area (Å²) in [6.07, 6.45) is 2.13. The molecule has 0 bridgehead atoms. The van der Waals surface area contributed by atoms with Gasteiger partial charge in [-0.05, 0) is 37.3 Å². The molecule has 1 atom stereocenters. The summed E-state index contributed by atoms with van der Waals surface area (Å²) in [6, 6.07) is 7.60. The van der Waals surface area contributed by atoms with Crippen LogP contribution in [-0.4, -0.2) is 36.3 Å². The van der Waals surface area contributed by atoms with Crippen molar-refractivity contribution in [3.05, 3.63) is 50.9 Å². The molecule has 0 aliphatic heterocycles. The van der Waals surface area contributed by atoms with Crippen molar-refractivity contribution in [1.29, 1.82) is 0 Å². The lowest BCUT2D eigenvalue weighted by molar-refractivity contribution is 0.0514. The molecule has 1 heterocycles. The van der Waals surface area contributed by atoms with Gasteiger partial charge in [-0.15, -0.1) is 0 Å². The van der Waals surface area contributed by atoms with E-state index in [-0.39, 0.29) is 24.1 Å². The molecule has 2 aromatic rings. The molecule has 1 unspecified atom stereocenters. The summed E-state index contributed by atoms with van der Waals surface area (Å²) in [4.78, 5) is 31.5. The van der Waals surface area contributed by atoms with E-state index >= 15 is 0 Å². The van der Waals surface area contributed by atoms with E-state index < -0.39 is 11.5 Å². The van der Waals surface area contributed by atoms with E-state index in [4.69, 9.17) is 21.1 Å². The van der Waals surface area contributed by atoms with E-state index in [1.165, 1.54) is 11.7 Å². The zero-order chi connectivity index (χ0) is 20.4. The Balaban J connectivity index is 2.12. The first-order valence-electron chi connectivity index (χ1n) is 9.20. The third-order valence-corrected chi connectivity index (χ3v) is 5.27. The van der Waals surface area contributed by atoms with Gasteiger partial charge in [0.05, 0.1) is 19.8 Å². The molecule has 0 spiro atoms. The van der Waals surface area contributed by atoms with Crippen LogP contribution in [0.2, 0.25) is 5.02 Å². The van der Waals surface area contributed by atoms with E-state index in [1.807, 2.05) is 36.2 Å². The van der Waals surface area contributed by atoms with Crippen LogP contribution in [-0.2, 0) is 11.8 Å². The van der Waals surface area contributed by atoms with E-state index in [0.717, 1.165) is 18.4 Å². The fourth-order valence-corrected chi connectivity index (χ4v) is 3.69. The summed E-state index contributed by atoms with van der Waals surface area (Å²) in [5.74, 6) is -0.0631. The van der Waals surface area contributed by atoms with Crippen LogP contribution in [0.5, 0.6) is 5.75 Å². The average Bonchev–Trinajstić information content (AvgIpc) is 3.50. The third kappa shape index (κ3) is 3.71. The molecular weight excluding hydrogens is 382 g/mol. The van der Waals surface area contributed by atoms with Crippen LogP contribution < -0.4 is 15.2 Å². The van der Waals surface area contributed by atoms with Gasteiger partial charge in [0.15, 0.2) is 5.69 Å². The lowest BCUT2D eigenvalue weighted by Crippen LogP contribution is -2.35. The first-order valence-corrected chi connectivity index (χ1v) is 9.57. The van der Waals surface area contributed by atoms with Gasteiger partial charge in [0.25, 0.3) is 5.56 Å². The van der Waals surface area contributed by atoms with Gasteiger partial charge in [0, 0.05) is 19.1 Å². The summed E-state index contributed by atoms with van der Waals surface area (Å²) >= 11 is 6.45. The minimum absolute atomic E-state index is 0.0600. The van der Waals surface area contributed by atoms with E-state index in [2.05, 4.69) is 4.98 Å². The maximum atomic E-state index is 12.8. The molecule has 3 rings (SSSR count). The van der Waals surface area contributed by atoms with Crippen molar-refractivity contribution in [1.82, 2.24) is 9.55 Å². The van der Waals surface area contributed by atoms with Gasteiger partial charge in [-0.25, -0.2) is 9.78 Å². The summed E-state index contributed by atoms with van der Waals surface area (Å²) in [5, 5.41) is 0.662. The van der Waals surface area contributed by atoms with Crippen LogP contribution in [0, 0.1) is 5.92 Å². The lowest BCUT2D eigenvalue weighted by atomic mass is 10.0. The third-order valence-electron chi connectivity index (χ3n) is 4.92. The van der Waals surface area contributed by atoms with Crippen LogP contribution >= 0.6 is 11.6 Å². The Labute approximate surface area is 168 Å². The fourth-order valence-electron chi connectivity index (χ4n) is 3.44. The Hall–Kier alpha value is -2.54. The van der Waals surface area contributed by atoms with Gasteiger partial charge in [0.1, 0.15) is 0 Å². The first kappa shape index (κ1) is 20.2. The number of carbonyl (C=O) groups excluding carboxylic acids is 1. The molecule has 1 fully saturated rings. The maximum absolute atomic E-state index is 12.8. The molecule has 0 amide bonds. The van der Waals surface area contributed by atoms with Crippen molar-refractivity contribution >= 4 is 23.5 Å². The van der Waals surface area contributed by atoms with Gasteiger partial charge >= 0.3 is 5.97 Å². The number of carbonyl (C=O) groups is 1. The molecule has 8 heteroatoms. The number of rotatable bonds is 7. The number of halogens is 1. The van der Waals surface area contributed by atoms with Gasteiger partial charge < -0.3 is 14.4 Å². The number of methoxy groups -OCH3 is 1. The molecular formula is C20H24ClN3O4. The second-order valence-electron chi connectivity index (χ2n) is 6.79. The minimum atomic E-state index is -0.688. The van der Waals surface area contributed by atoms with Gasteiger partial charge in [0.2, 0.25) is 11.7 Å². The second kappa shape index (κ2) is 8.22. The number of esters is 1. The Morgan fingerprint density at radius 1 is 1.39 bits per heavy atom. The highest BCUT2D eigenvalue weighted by Gasteiger charge is 2.38. The fraction of sp³-hybridized carbons (Fsp3) is 0.450. The summed E-state index contributed by atoms with van der Waals surface area (Å²) in [7, 11) is 4.80. The monoisotopic (exact) mass is 405 g/mol. The van der Waals surface area contributed by atoms with Crippen molar-refractivity contribution < 1.29 is 14.3 Å². The number of hydrogen-bond acceptors (Lipinski definition) is 6. The molecule has 150 valence electrons. The standard InChI is InChI=1S/C20H24ClN3O4/c1-5-28-19(26)15-17(27-4)18(25)24(3)20(22-15)23(2)16(12-10-11-12)13-8-6-7-9-14(13)21/h6-9,12,16H,5,10-11H2,1-4H3. The topological polar surface area (TPSA) is 73.7 Å². The molecule has 1 aromatic carbocycles. The zero-order valence-corrected chi connectivity index (χ0v) is 17.2. The van der Waals surface area contributed by atoms with Crippen LogP contribution in [0.1, 0.15) is 41.9 Å². The van der Waals surface area contributed by atoms with E-state index in [9.17, 15) is 9.59 Å². The maximum Gasteiger partial charge on any atom is 0.361 e. The van der Waals surface area contributed by atoms with E-state index in [0.29, 0.717) is 16.9 Å². The molecule has 1 saturated carbocycles. The zero-order valence-electron chi connectivity index (χ0n) is 16.4. The molecule has 1 aromatic heterocycles. The van der Waals surface area contributed by atoms with Gasteiger partial charge in [-0.1, -0.05) is 29.8 Å². The van der Waals surface area contributed by atoms with Crippen molar-refractivity contribution in [3.63, 3.8) is 0 Å². The first-order chi connectivity index (χ1) is 13.4. The van der Waals surface area contributed by atoms with Gasteiger partial charge in [-0.3, -0.25) is 9.36 Å². The number of ether oxygens (including phenoxy) is 2. The highest BCUT2D eigenvalue weighted by Crippen LogP contribution is 2.46. The smallest absolute Gasteiger partial charge is 0.361 e. The molecule has 7 nitrogen and oxygen atoms in total. The van der Waals surface area contributed by atoms with Crippen molar-refractivity contribution in [2.45, 2.75) is 25.8 Å². The number of benzene rings is 1. The number of hydrogen-bond donors (Lipinski definition) is 0. The van der Waals surface area contributed by atoms with E-state index in [1.54, 1.807) is 14.0 Å².